The van der Waals surface area contributed by atoms with Gasteiger partial charge in [0.2, 0.25) is 29.6 Å². The number of fused-ring (bicyclic) bond motifs is 4. The van der Waals surface area contributed by atoms with Crippen LogP contribution in [0.2, 0.25) is 0 Å². The Hall–Kier alpha value is -11.2. The highest BCUT2D eigenvalue weighted by Crippen LogP contribution is 2.39. The first kappa shape index (κ1) is 64.5. The SMILES string of the molecule is Fc1cccc([C@H]2CCCN2c2ccc3ncc(-c4cccc(F)n4)n3n2)c1.O=C1CCC(N2Cc3cc(CC4CN(c5cccc(-c6cnc7ccc(N8CCC[C@@H]8c8cccc(F)c8)nn67)n5)C4)ccc3C2=O)C(=O)N1.O=C1CCC(N2Cc3cc(CC4CNC4)ccc3C2=O)C(=O)N1. The molecule has 25 heteroatoms. The summed E-state index contributed by atoms with van der Waals surface area (Å²) in [5, 5.41) is 17.7. The maximum atomic E-state index is 14.0. The van der Waals surface area contributed by atoms with E-state index in [-0.39, 0.29) is 66.1 Å². The Kier molecular flexibility index (Phi) is 17.3. The van der Waals surface area contributed by atoms with E-state index in [0.717, 1.165) is 135 Å². The van der Waals surface area contributed by atoms with Gasteiger partial charge in [0.15, 0.2) is 11.3 Å². The van der Waals surface area contributed by atoms with E-state index in [1.165, 1.54) is 29.3 Å². The van der Waals surface area contributed by atoms with Gasteiger partial charge in [0.05, 0.1) is 35.9 Å². The zero-order valence-electron chi connectivity index (χ0n) is 55.1. The van der Waals surface area contributed by atoms with Crippen molar-refractivity contribution in [1.29, 1.82) is 0 Å². The van der Waals surface area contributed by atoms with Crippen molar-refractivity contribution < 1.29 is 41.9 Å². The van der Waals surface area contributed by atoms with Crippen molar-refractivity contribution in [2.24, 2.45) is 11.8 Å². The Balaban J connectivity index is 0.000000130. The number of amides is 6. The van der Waals surface area contributed by atoms with Gasteiger partial charge in [-0.05, 0) is 195 Å². The minimum absolute atomic E-state index is 0.0651. The third kappa shape index (κ3) is 13.0. The van der Waals surface area contributed by atoms with Crippen molar-refractivity contribution >= 4 is 64.2 Å². The van der Waals surface area contributed by atoms with E-state index >= 15 is 0 Å². The molecule has 0 radical (unpaired) electrons. The van der Waals surface area contributed by atoms with E-state index < -0.39 is 23.9 Å². The molecule has 6 fully saturated rings. The number of pyridine rings is 2. The molecule has 101 heavy (non-hydrogen) atoms. The third-order valence-corrected chi connectivity index (χ3v) is 20.6. The average Bonchev–Trinajstić information content (AvgIpc) is 1.65. The van der Waals surface area contributed by atoms with Crippen molar-refractivity contribution in [3.05, 3.63) is 220 Å². The molecule has 8 aliphatic heterocycles. The van der Waals surface area contributed by atoms with E-state index in [4.69, 9.17) is 15.2 Å². The number of piperidine rings is 2. The van der Waals surface area contributed by atoms with Gasteiger partial charge in [-0.25, -0.2) is 37.7 Å². The summed E-state index contributed by atoms with van der Waals surface area (Å²) < 4.78 is 44.8. The van der Waals surface area contributed by atoms with E-state index in [9.17, 15) is 41.9 Å². The Bertz CT molecular complexity index is 4940. The molecule has 6 aromatic heterocycles. The highest BCUT2D eigenvalue weighted by molar-refractivity contribution is 6.06. The number of nitrogens with one attached hydrogen (secondary N) is 3. The summed E-state index contributed by atoms with van der Waals surface area (Å²) in [5.41, 5.74) is 11.6. The normalized spacial score (nSPS) is 20.5. The van der Waals surface area contributed by atoms with Gasteiger partial charge < -0.3 is 29.8 Å². The standard InChI is InChI=1S/C38H35FN8O3.C21H17F2N5.C17H19N3O3/c39-27-5-1-4-25(18-27)30-7-3-15-45(30)35-13-12-33-40-19-32(47(33)43-35)29-6-2-8-34(41-29)44-20-24(21-44)16-23-9-10-28-26(17-23)22-46(38(28)50)31-11-14-36(48)42-37(31)49;22-15-5-1-4-14(12-15)17-7-3-11-27(17)21-10-9-20-24-13-18(28(20)26-21)16-6-2-8-19(23)25-16;21-15-4-3-14(16(22)19-15)20-9-12-6-10(5-11-7-18-8-11)1-2-13(12)17(20)23/h1-2,4-6,8-10,12-13,17-19,24,30-31H,3,7,11,14-16,20-22H2,(H,42,48,49);1-2,4-6,8-10,12-13,17H,3,7,11H2;1-2,6,11,14,18H,3-5,7-9H2,(H,19,21,22)/t30-,31?;17-;/m11./s1. The lowest BCUT2D eigenvalue weighted by Crippen LogP contribution is -2.52. The molecule has 3 N–H and O–H groups in total. The molecule has 2 unspecified atom stereocenters. The van der Waals surface area contributed by atoms with Crippen molar-refractivity contribution in [3.8, 4) is 22.8 Å². The maximum absolute atomic E-state index is 14.0. The first-order valence-corrected chi connectivity index (χ1v) is 34.5. The quantitative estimate of drug-likeness (QED) is 0.0719. The number of hydrogen-bond acceptors (Lipinski definition) is 16. The molecule has 10 aromatic rings. The number of aromatic nitrogens is 8. The Morgan fingerprint density at radius 1 is 0.465 bits per heavy atom. The van der Waals surface area contributed by atoms with Crippen LogP contribution in [0.3, 0.4) is 0 Å². The number of imidazole rings is 2. The number of rotatable bonds is 13. The molecular formula is C76H71F3N16O6. The van der Waals surface area contributed by atoms with Gasteiger partial charge in [-0.1, -0.05) is 60.7 Å². The number of benzene rings is 4. The smallest absolute Gasteiger partial charge is 0.255 e. The fourth-order valence-electron chi connectivity index (χ4n) is 15.4. The number of halogens is 3. The van der Waals surface area contributed by atoms with Crippen molar-refractivity contribution in [2.75, 3.05) is 54.0 Å². The number of hydrogen-bond donors (Lipinski definition) is 3. The van der Waals surface area contributed by atoms with Gasteiger partial charge in [-0.2, -0.15) is 4.39 Å². The van der Waals surface area contributed by atoms with Crippen LogP contribution >= 0.6 is 0 Å². The molecule has 0 spiro atoms. The second kappa shape index (κ2) is 27.1. The van der Waals surface area contributed by atoms with Gasteiger partial charge in [0.1, 0.15) is 52.6 Å². The lowest BCUT2D eigenvalue weighted by molar-refractivity contribution is -0.138. The molecule has 8 aliphatic rings. The minimum Gasteiger partial charge on any atom is -0.356 e. The molecule has 4 atom stereocenters. The zero-order valence-corrected chi connectivity index (χ0v) is 55.1. The van der Waals surface area contributed by atoms with Crippen LogP contribution in [0.15, 0.2) is 158 Å². The largest absolute Gasteiger partial charge is 0.356 e. The predicted molar refractivity (Wildman–Crippen MR) is 368 cm³/mol. The lowest BCUT2D eigenvalue weighted by atomic mass is 9.91. The second-order valence-corrected chi connectivity index (χ2v) is 27.2. The van der Waals surface area contributed by atoms with Crippen LogP contribution in [-0.4, -0.2) is 136 Å². The highest BCUT2D eigenvalue weighted by Gasteiger charge is 2.42. The number of carbonyl (C=O) groups is 6. The summed E-state index contributed by atoms with van der Waals surface area (Å²) in [6.45, 7) is 6.35. The van der Waals surface area contributed by atoms with Crippen molar-refractivity contribution in [2.45, 2.75) is 101 Å². The fourth-order valence-corrected chi connectivity index (χ4v) is 15.4. The molecule has 512 valence electrons. The molecule has 4 aromatic carbocycles. The van der Waals surface area contributed by atoms with Crippen LogP contribution in [0, 0.1) is 29.4 Å². The van der Waals surface area contributed by atoms with Crippen LogP contribution in [0.4, 0.5) is 30.6 Å². The van der Waals surface area contributed by atoms with E-state index in [1.807, 2.05) is 89.6 Å². The summed E-state index contributed by atoms with van der Waals surface area (Å²) >= 11 is 0. The van der Waals surface area contributed by atoms with Gasteiger partial charge in [-0.3, -0.25) is 39.4 Å². The summed E-state index contributed by atoms with van der Waals surface area (Å²) in [7, 11) is 0. The summed E-state index contributed by atoms with van der Waals surface area (Å²) in [5.74, 6) is 1.05. The van der Waals surface area contributed by atoms with Gasteiger partial charge in [0.25, 0.3) is 11.8 Å². The third-order valence-electron chi connectivity index (χ3n) is 20.6. The number of carbonyl (C=O) groups excluding carboxylic acids is 6. The predicted octanol–water partition coefficient (Wildman–Crippen LogP) is 9.33. The van der Waals surface area contributed by atoms with E-state index in [0.29, 0.717) is 65.9 Å². The Morgan fingerprint density at radius 2 is 0.960 bits per heavy atom. The van der Waals surface area contributed by atoms with Crippen LogP contribution in [0.1, 0.15) is 118 Å². The lowest BCUT2D eigenvalue weighted by Gasteiger charge is -2.40. The fraction of sp³-hybridized carbons (Fsp3) is 0.316. The van der Waals surface area contributed by atoms with E-state index in [2.05, 4.69) is 57.7 Å². The topological polar surface area (TPSA) is 241 Å². The molecule has 22 nitrogen and oxygen atoms in total. The maximum Gasteiger partial charge on any atom is 0.255 e. The molecule has 14 heterocycles. The summed E-state index contributed by atoms with van der Waals surface area (Å²) in [6.07, 6.45) is 10.5. The number of imide groups is 2. The molecule has 18 rings (SSSR count). The molecule has 0 bridgehead atoms. The Morgan fingerprint density at radius 3 is 1.45 bits per heavy atom. The first-order chi connectivity index (χ1) is 49.2. The van der Waals surface area contributed by atoms with Gasteiger partial charge in [-0.15, -0.1) is 10.2 Å². The monoisotopic (exact) mass is 1360 g/mol. The number of anilines is 3. The minimum atomic E-state index is -0.609. The molecule has 0 saturated carbocycles. The van der Waals surface area contributed by atoms with Gasteiger partial charge in [0, 0.05) is 63.2 Å². The second-order valence-electron chi connectivity index (χ2n) is 27.2. The van der Waals surface area contributed by atoms with Crippen LogP contribution in [-0.2, 0) is 45.1 Å². The summed E-state index contributed by atoms with van der Waals surface area (Å²) in [6, 6.07) is 43.0. The van der Waals surface area contributed by atoms with Crippen LogP contribution < -0.4 is 30.7 Å². The zero-order chi connectivity index (χ0) is 69.0. The highest BCUT2D eigenvalue weighted by atomic mass is 19.1. The van der Waals surface area contributed by atoms with E-state index in [1.54, 1.807) is 56.9 Å². The summed E-state index contributed by atoms with van der Waals surface area (Å²) in [4.78, 5) is 101. The molecule has 6 saturated heterocycles. The van der Waals surface area contributed by atoms with Gasteiger partial charge >= 0.3 is 0 Å². The average molecular weight is 1360 g/mol. The molecular weight excluding hydrogens is 1290 g/mol. The van der Waals surface area contributed by atoms with Crippen molar-refractivity contribution in [3.63, 3.8) is 0 Å². The van der Waals surface area contributed by atoms with Crippen LogP contribution in [0.5, 0.6) is 0 Å². The Labute approximate surface area is 578 Å². The van der Waals surface area contributed by atoms with Crippen LogP contribution in [0.25, 0.3) is 34.1 Å². The van der Waals surface area contributed by atoms with Crippen molar-refractivity contribution in [1.82, 2.24) is 64.9 Å². The molecule has 6 amide bonds. The number of nitrogens with zero attached hydrogens (tertiary/aromatic N) is 13. The first-order valence-electron chi connectivity index (χ1n) is 34.5. The molecule has 0 aliphatic carbocycles.